The van der Waals surface area contributed by atoms with Crippen LogP contribution in [0.3, 0.4) is 0 Å². The number of phenolic OH excluding ortho intramolecular Hbond substituents is 1. The number of hydrogen-bond acceptors (Lipinski definition) is 13. The maximum Gasteiger partial charge on any atom is 0.325 e. The molecule has 65 heavy (non-hydrogen) atoms. The Morgan fingerprint density at radius 1 is 1.05 bits per heavy atom. The van der Waals surface area contributed by atoms with Crippen LogP contribution < -0.4 is 21.1 Å². The highest BCUT2D eigenvalue weighted by molar-refractivity contribution is 6.00. The third-order valence-electron chi connectivity index (χ3n) is 11.8. The van der Waals surface area contributed by atoms with Crippen LogP contribution in [0.15, 0.2) is 90.8 Å². The molecule has 17 heteroatoms. The smallest absolute Gasteiger partial charge is 0.325 e. The second-order valence-electron chi connectivity index (χ2n) is 17.1. The number of allylic oxidation sites excluding steroid dienone is 4. The van der Waals surface area contributed by atoms with Crippen molar-refractivity contribution >= 4 is 41.1 Å². The number of aliphatic hydroxyl groups is 2. The second kappa shape index (κ2) is 23.8. The molecule has 2 bridgehead atoms. The highest BCUT2D eigenvalue weighted by Gasteiger charge is 2.39. The number of esters is 1. The lowest BCUT2D eigenvalue weighted by Gasteiger charge is -2.36. The molecule has 0 saturated carbocycles. The molecule has 3 aliphatic heterocycles. The number of aromatic hydroxyl groups is 1. The van der Waals surface area contributed by atoms with Crippen molar-refractivity contribution in [2.45, 2.75) is 116 Å². The predicted octanol–water partition coefficient (Wildman–Crippen LogP) is 3.25. The van der Waals surface area contributed by atoms with Gasteiger partial charge in [0.2, 0.25) is 11.8 Å². The molecule has 4 amide bonds. The van der Waals surface area contributed by atoms with E-state index < -0.39 is 83.8 Å². The fraction of sp³-hybridized carbons (Fsp3) is 0.479. The average Bonchev–Trinajstić information content (AvgIpc) is 3.28. The largest absolute Gasteiger partial charge is 0.508 e. The number of Topliss-reactive ketones (excluding diaryl/α,β-unsaturated/α-hetero) is 1. The van der Waals surface area contributed by atoms with Crippen LogP contribution in [-0.2, 0) is 51.2 Å². The number of rotatable bonds is 9. The topological polar surface area (TPSA) is 237 Å². The van der Waals surface area contributed by atoms with Gasteiger partial charge in [0.05, 0.1) is 36.6 Å². The van der Waals surface area contributed by atoms with Crippen molar-refractivity contribution in [1.29, 1.82) is 0 Å². The molecule has 1 fully saturated rings. The molecular formula is C48H62N6O11. The van der Waals surface area contributed by atoms with Crippen LogP contribution in [0.4, 0.5) is 5.69 Å². The molecule has 17 nitrogen and oxygen atoms in total. The summed E-state index contributed by atoms with van der Waals surface area (Å²) in [5, 5.41) is 40.9. The Morgan fingerprint density at radius 3 is 2.57 bits per heavy atom. The lowest BCUT2D eigenvalue weighted by molar-refractivity contribution is -0.156. The van der Waals surface area contributed by atoms with E-state index in [1.807, 2.05) is 6.07 Å². The number of ether oxygens (including phenoxy) is 1. The van der Waals surface area contributed by atoms with Crippen LogP contribution in [-0.4, -0.2) is 110 Å². The maximum absolute atomic E-state index is 14.4. The summed E-state index contributed by atoms with van der Waals surface area (Å²) in [6.07, 6.45) is 12.0. The summed E-state index contributed by atoms with van der Waals surface area (Å²) < 4.78 is 6.08. The summed E-state index contributed by atoms with van der Waals surface area (Å²) in [6.45, 7) is 8.60. The molecule has 1 aromatic carbocycles. The fourth-order valence-electron chi connectivity index (χ4n) is 7.81. The van der Waals surface area contributed by atoms with Gasteiger partial charge in [0.15, 0.2) is 0 Å². The van der Waals surface area contributed by atoms with Gasteiger partial charge in [0, 0.05) is 50.4 Å². The molecule has 4 heterocycles. The third-order valence-corrected chi connectivity index (χ3v) is 11.8. The number of cyclic esters (lactones) is 1. The molecule has 6 N–H and O–H groups in total. The number of nitrogens with one attached hydrogen (secondary N) is 3. The standard InChI is InChI=1S/C48H62N6O11/c1-29(2)43-46(61)50-38(27-33-13-10-14-35(56)26-33)47(62)53-24-11-15-37(52-53)48(63)65-41(30(3)12-9-18-42(58)54-39-28-49-23-21-34(39)22-25-64-54)17-8-6-7-16-40(57)32(5)44(59)36(45(60)51-43)20-19-31(4)55/h6-10,12-14,16,18,21,23,26,28-29,32,36-38,40-41,43-44,52,56-57,59H,11,15,17,19-20,22,24-25,27H2,1-5H3,(H,50,61)(H,51,60)/b8-6+,16-7+,18-9+,30-12+/t32-,36+,37?,38-,40-,41-,43-,44+/m0/s1. The summed E-state index contributed by atoms with van der Waals surface area (Å²) in [6, 6.07) is 4.67. The Morgan fingerprint density at radius 2 is 1.83 bits per heavy atom. The molecule has 1 aromatic heterocycles. The minimum atomic E-state index is -1.44. The van der Waals surface area contributed by atoms with E-state index >= 15 is 0 Å². The number of hydrogen-bond donors (Lipinski definition) is 6. The highest BCUT2D eigenvalue weighted by Crippen LogP contribution is 2.26. The maximum atomic E-state index is 14.4. The van der Waals surface area contributed by atoms with Crippen molar-refractivity contribution in [2.24, 2.45) is 17.8 Å². The van der Waals surface area contributed by atoms with Crippen molar-refractivity contribution in [3.05, 3.63) is 102 Å². The number of fused-ring (bicyclic) bond motifs is 3. The zero-order valence-corrected chi connectivity index (χ0v) is 37.6. The van der Waals surface area contributed by atoms with Gasteiger partial charge in [-0.2, -0.15) is 5.06 Å². The first kappa shape index (κ1) is 50.0. The number of amides is 4. The van der Waals surface area contributed by atoms with Gasteiger partial charge in [-0.25, -0.2) is 5.43 Å². The quantitative estimate of drug-likeness (QED) is 0.121. The average molecular weight is 899 g/mol. The molecule has 5 rings (SSSR count). The lowest BCUT2D eigenvalue weighted by Crippen LogP contribution is -2.62. The molecule has 3 aliphatic rings. The zero-order valence-electron chi connectivity index (χ0n) is 37.6. The Bertz CT molecular complexity index is 2150. The molecule has 0 radical (unpaired) electrons. The van der Waals surface area contributed by atoms with Crippen molar-refractivity contribution in [3.63, 3.8) is 0 Å². The highest BCUT2D eigenvalue weighted by atomic mass is 16.7. The van der Waals surface area contributed by atoms with E-state index in [1.54, 1.807) is 76.5 Å². The number of carbonyl (C=O) groups excluding carboxylic acids is 6. The predicted molar refractivity (Wildman–Crippen MR) is 240 cm³/mol. The number of pyridine rings is 1. The lowest BCUT2D eigenvalue weighted by atomic mass is 9.84. The minimum Gasteiger partial charge on any atom is -0.508 e. The van der Waals surface area contributed by atoms with E-state index in [0.717, 1.165) is 5.56 Å². The Balaban J connectivity index is 1.46. The summed E-state index contributed by atoms with van der Waals surface area (Å²) in [5.74, 6) is -5.92. The Hall–Kier alpha value is -6.01. The molecule has 0 spiro atoms. The monoisotopic (exact) mass is 898 g/mol. The van der Waals surface area contributed by atoms with Crippen LogP contribution in [0.5, 0.6) is 5.75 Å². The first-order valence-corrected chi connectivity index (χ1v) is 22.1. The van der Waals surface area contributed by atoms with E-state index in [9.17, 15) is 44.1 Å². The van der Waals surface area contributed by atoms with Crippen molar-refractivity contribution in [2.75, 3.05) is 18.2 Å². The number of phenols is 1. The van der Waals surface area contributed by atoms with Gasteiger partial charge >= 0.3 is 5.97 Å². The van der Waals surface area contributed by atoms with Crippen LogP contribution in [0.2, 0.25) is 0 Å². The third kappa shape index (κ3) is 14.0. The van der Waals surface area contributed by atoms with E-state index in [4.69, 9.17) is 9.57 Å². The molecule has 0 aliphatic carbocycles. The van der Waals surface area contributed by atoms with Gasteiger partial charge in [-0.05, 0) is 73.9 Å². The van der Waals surface area contributed by atoms with E-state index in [1.165, 1.54) is 47.4 Å². The number of ketones is 1. The van der Waals surface area contributed by atoms with Gasteiger partial charge < -0.3 is 35.5 Å². The normalized spacial score (nSPS) is 27.7. The van der Waals surface area contributed by atoms with Crippen molar-refractivity contribution in [1.82, 2.24) is 26.1 Å². The van der Waals surface area contributed by atoms with Crippen LogP contribution in [0.25, 0.3) is 0 Å². The van der Waals surface area contributed by atoms with E-state index in [0.29, 0.717) is 42.7 Å². The fourth-order valence-corrected chi connectivity index (χ4v) is 7.81. The van der Waals surface area contributed by atoms with Gasteiger partial charge in [-0.1, -0.05) is 69.4 Å². The first-order chi connectivity index (χ1) is 31.0. The zero-order chi connectivity index (χ0) is 47.2. The van der Waals surface area contributed by atoms with Crippen molar-refractivity contribution < 1.29 is 53.7 Å². The first-order valence-electron chi connectivity index (χ1n) is 22.1. The van der Waals surface area contributed by atoms with Gasteiger partial charge in [0.25, 0.3) is 11.8 Å². The number of carbonyl (C=O) groups is 6. The van der Waals surface area contributed by atoms with Gasteiger partial charge in [0.1, 0.15) is 35.8 Å². The molecule has 8 atom stereocenters. The summed E-state index contributed by atoms with van der Waals surface area (Å²) in [7, 11) is 0. The van der Waals surface area contributed by atoms with Crippen LogP contribution >= 0.6 is 0 Å². The molecule has 1 saturated heterocycles. The molecule has 2 aromatic rings. The second-order valence-corrected chi connectivity index (χ2v) is 17.1. The summed E-state index contributed by atoms with van der Waals surface area (Å²) in [5.41, 5.74) is 5.58. The number of aliphatic hydroxyl groups excluding tert-OH is 2. The Labute approximate surface area is 379 Å². The number of hydrazine groups is 1. The van der Waals surface area contributed by atoms with E-state index in [2.05, 4.69) is 21.0 Å². The van der Waals surface area contributed by atoms with E-state index in [-0.39, 0.29) is 43.8 Å². The minimum absolute atomic E-state index is 0.0375. The van der Waals surface area contributed by atoms with Crippen LogP contribution in [0.1, 0.15) is 77.8 Å². The number of aromatic nitrogens is 1. The van der Waals surface area contributed by atoms with Crippen LogP contribution in [0, 0.1) is 17.8 Å². The number of benzene rings is 1. The number of anilines is 1. The molecule has 1 unspecified atom stereocenters. The van der Waals surface area contributed by atoms with Gasteiger partial charge in [-0.15, -0.1) is 0 Å². The van der Waals surface area contributed by atoms with Gasteiger partial charge in [-0.3, -0.25) is 38.8 Å². The number of hydroxylamine groups is 1. The Kier molecular flexibility index (Phi) is 18.3. The molecule has 350 valence electrons. The molecular weight excluding hydrogens is 837 g/mol. The summed E-state index contributed by atoms with van der Waals surface area (Å²) in [4.78, 5) is 91.5. The van der Waals surface area contributed by atoms with Crippen molar-refractivity contribution in [3.8, 4) is 5.75 Å². The summed E-state index contributed by atoms with van der Waals surface area (Å²) >= 11 is 0. The SMILES string of the molecule is CC(=O)CC[C@H]1C(=O)N[C@@H](C(C)C)C(=O)N[C@@H](Cc2cccc(O)c2)C(=O)N2CCCC(N2)C(=O)O[C@H](/C(C)=C/C=C/C(=O)N2OCCc3ccncc32)C/C=C/C=C/[C@H](O)[C@H](C)[C@H]1O. The number of nitrogens with zero attached hydrogens (tertiary/aromatic N) is 3.